The SMILES string of the molecule is O=C(O)c1cc2c(s1)-c1cn[nH]c1CC2O. The van der Waals surface area contributed by atoms with E-state index in [2.05, 4.69) is 10.2 Å². The number of carboxylic acid groups (broad SMARTS) is 1. The lowest BCUT2D eigenvalue weighted by atomic mass is 9.95. The summed E-state index contributed by atoms with van der Waals surface area (Å²) in [5.41, 5.74) is 2.45. The van der Waals surface area contributed by atoms with E-state index < -0.39 is 12.1 Å². The maximum absolute atomic E-state index is 10.9. The molecular weight excluding hydrogens is 228 g/mol. The first-order valence-electron chi connectivity index (χ1n) is 4.74. The summed E-state index contributed by atoms with van der Waals surface area (Å²) in [7, 11) is 0. The fourth-order valence-electron chi connectivity index (χ4n) is 1.94. The molecule has 0 bridgehead atoms. The van der Waals surface area contributed by atoms with Gasteiger partial charge in [0.25, 0.3) is 0 Å². The van der Waals surface area contributed by atoms with Crippen LogP contribution in [0.2, 0.25) is 0 Å². The van der Waals surface area contributed by atoms with Crippen LogP contribution >= 0.6 is 11.3 Å². The van der Waals surface area contributed by atoms with Crippen LogP contribution in [0.3, 0.4) is 0 Å². The van der Waals surface area contributed by atoms with E-state index in [1.54, 1.807) is 12.3 Å². The van der Waals surface area contributed by atoms with Crippen molar-refractivity contribution in [3.05, 3.63) is 28.4 Å². The molecule has 0 saturated heterocycles. The number of rotatable bonds is 1. The van der Waals surface area contributed by atoms with Crippen LogP contribution in [-0.2, 0) is 6.42 Å². The Hall–Kier alpha value is -1.66. The molecule has 1 aliphatic carbocycles. The van der Waals surface area contributed by atoms with Crippen molar-refractivity contribution < 1.29 is 15.0 Å². The third-order valence-electron chi connectivity index (χ3n) is 2.69. The minimum Gasteiger partial charge on any atom is -0.477 e. The lowest BCUT2D eigenvalue weighted by Gasteiger charge is -2.16. The first kappa shape index (κ1) is 9.56. The standard InChI is InChI=1S/C10H8N2O3S/c13-7-2-6-5(3-11-12-6)9-4(7)1-8(16-9)10(14)15/h1,3,7,13H,2H2,(H,11,12)(H,14,15). The molecule has 0 radical (unpaired) electrons. The average molecular weight is 236 g/mol. The molecule has 5 nitrogen and oxygen atoms in total. The zero-order valence-electron chi connectivity index (χ0n) is 8.10. The topological polar surface area (TPSA) is 86.2 Å². The summed E-state index contributed by atoms with van der Waals surface area (Å²) in [6.07, 6.45) is 1.48. The smallest absolute Gasteiger partial charge is 0.345 e. The molecule has 0 fully saturated rings. The van der Waals surface area contributed by atoms with Gasteiger partial charge in [0.2, 0.25) is 0 Å². The molecule has 3 rings (SSSR count). The van der Waals surface area contributed by atoms with Gasteiger partial charge in [-0.15, -0.1) is 11.3 Å². The van der Waals surface area contributed by atoms with E-state index in [9.17, 15) is 9.90 Å². The summed E-state index contributed by atoms with van der Waals surface area (Å²) in [5.74, 6) is -0.961. The van der Waals surface area contributed by atoms with Gasteiger partial charge in [-0.1, -0.05) is 0 Å². The Kier molecular flexibility index (Phi) is 1.89. The molecule has 2 aromatic rings. The predicted molar refractivity (Wildman–Crippen MR) is 57.5 cm³/mol. The van der Waals surface area contributed by atoms with Crippen LogP contribution < -0.4 is 0 Å². The molecule has 0 aromatic carbocycles. The summed E-state index contributed by atoms with van der Waals surface area (Å²) in [6, 6.07) is 1.54. The highest BCUT2D eigenvalue weighted by atomic mass is 32.1. The fourth-order valence-corrected chi connectivity index (χ4v) is 3.03. The van der Waals surface area contributed by atoms with Crippen LogP contribution in [0, 0.1) is 0 Å². The van der Waals surface area contributed by atoms with E-state index >= 15 is 0 Å². The van der Waals surface area contributed by atoms with Gasteiger partial charge in [-0.05, 0) is 6.07 Å². The first-order valence-corrected chi connectivity index (χ1v) is 5.56. The molecule has 1 unspecified atom stereocenters. The summed E-state index contributed by atoms with van der Waals surface area (Å²) in [4.78, 5) is 11.9. The number of nitrogens with one attached hydrogen (secondary N) is 1. The molecule has 82 valence electrons. The molecule has 1 atom stereocenters. The summed E-state index contributed by atoms with van der Waals surface area (Å²) >= 11 is 1.17. The number of nitrogens with zero attached hydrogens (tertiary/aromatic N) is 1. The number of aromatic amines is 1. The molecule has 0 spiro atoms. The van der Waals surface area contributed by atoms with Gasteiger partial charge in [0.1, 0.15) is 4.88 Å². The first-order chi connectivity index (χ1) is 7.66. The zero-order chi connectivity index (χ0) is 11.3. The largest absolute Gasteiger partial charge is 0.477 e. The molecule has 1 aliphatic rings. The molecule has 2 aromatic heterocycles. The number of aliphatic hydroxyl groups is 1. The van der Waals surface area contributed by atoms with Crippen LogP contribution in [0.4, 0.5) is 0 Å². The van der Waals surface area contributed by atoms with Crippen molar-refractivity contribution in [2.24, 2.45) is 0 Å². The number of hydrogen-bond donors (Lipinski definition) is 3. The third kappa shape index (κ3) is 1.20. The number of aromatic nitrogens is 2. The van der Waals surface area contributed by atoms with E-state index in [1.165, 1.54) is 11.3 Å². The number of aromatic carboxylic acids is 1. The predicted octanol–water partition coefficient (Wildman–Crippen LogP) is 1.43. The van der Waals surface area contributed by atoms with Gasteiger partial charge in [0, 0.05) is 28.1 Å². The number of hydrogen-bond acceptors (Lipinski definition) is 4. The molecular formula is C10H8N2O3S. The number of carboxylic acids is 1. The maximum atomic E-state index is 10.9. The van der Waals surface area contributed by atoms with Crippen molar-refractivity contribution in [1.82, 2.24) is 10.2 Å². The Balaban J connectivity index is 2.23. The van der Waals surface area contributed by atoms with Crippen LogP contribution in [0.15, 0.2) is 12.3 Å². The molecule has 0 amide bonds. The van der Waals surface area contributed by atoms with Gasteiger partial charge < -0.3 is 10.2 Å². The van der Waals surface area contributed by atoms with Gasteiger partial charge in [-0.3, -0.25) is 5.10 Å². The number of aliphatic hydroxyl groups excluding tert-OH is 1. The molecule has 16 heavy (non-hydrogen) atoms. The van der Waals surface area contributed by atoms with Crippen LogP contribution in [0.5, 0.6) is 0 Å². The second-order valence-electron chi connectivity index (χ2n) is 3.68. The van der Waals surface area contributed by atoms with Crippen molar-refractivity contribution in [3.8, 4) is 10.4 Å². The van der Waals surface area contributed by atoms with E-state index in [0.717, 1.165) is 16.1 Å². The molecule has 2 heterocycles. The Morgan fingerprint density at radius 2 is 2.44 bits per heavy atom. The van der Waals surface area contributed by atoms with Gasteiger partial charge in [0.15, 0.2) is 0 Å². The lowest BCUT2D eigenvalue weighted by molar-refractivity contribution is 0.0702. The lowest BCUT2D eigenvalue weighted by Crippen LogP contribution is -2.07. The minimum absolute atomic E-state index is 0.248. The second kappa shape index (κ2) is 3.16. The van der Waals surface area contributed by atoms with Crippen molar-refractivity contribution >= 4 is 17.3 Å². The van der Waals surface area contributed by atoms with Crippen LogP contribution in [0.1, 0.15) is 27.0 Å². The van der Waals surface area contributed by atoms with Crippen LogP contribution in [-0.4, -0.2) is 26.4 Å². The highest BCUT2D eigenvalue weighted by molar-refractivity contribution is 7.17. The van der Waals surface area contributed by atoms with Gasteiger partial charge in [-0.25, -0.2) is 4.79 Å². The van der Waals surface area contributed by atoms with Crippen molar-refractivity contribution in [2.75, 3.05) is 0 Å². The fraction of sp³-hybridized carbons (Fsp3) is 0.200. The monoisotopic (exact) mass is 236 g/mol. The second-order valence-corrected chi connectivity index (χ2v) is 4.73. The van der Waals surface area contributed by atoms with E-state index in [0.29, 0.717) is 12.0 Å². The van der Waals surface area contributed by atoms with E-state index in [1.807, 2.05) is 0 Å². The number of thiophene rings is 1. The van der Waals surface area contributed by atoms with E-state index in [4.69, 9.17) is 5.11 Å². The number of carbonyl (C=O) groups is 1. The summed E-state index contributed by atoms with van der Waals surface area (Å²) in [6.45, 7) is 0. The Labute approximate surface area is 94.4 Å². The molecule has 3 N–H and O–H groups in total. The van der Waals surface area contributed by atoms with Gasteiger partial charge in [0.05, 0.1) is 12.3 Å². The minimum atomic E-state index is -0.961. The molecule has 0 aliphatic heterocycles. The third-order valence-corrected chi connectivity index (χ3v) is 3.86. The summed E-state index contributed by atoms with van der Waals surface area (Å²) < 4.78 is 0. The Bertz CT molecular complexity index is 572. The Morgan fingerprint density at radius 3 is 3.19 bits per heavy atom. The van der Waals surface area contributed by atoms with Crippen molar-refractivity contribution in [2.45, 2.75) is 12.5 Å². The highest BCUT2D eigenvalue weighted by Gasteiger charge is 2.28. The Morgan fingerprint density at radius 1 is 1.62 bits per heavy atom. The normalized spacial score (nSPS) is 17.9. The zero-order valence-corrected chi connectivity index (χ0v) is 8.91. The molecule has 6 heteroatoms. The quantitative estimate of drug-likeness (QED) is 0.699. The van der Waals surface area contributed by atoms with Crippen LogP contribution in [0.25, 0.3) is 10.4 Å². The van der Waals surface area contributed by atoms with Gasteiger partial charge >= 0.3 is 5.97 Å². The average Bonchev–Trinajstić information content (AvgIpc) is 2.80. The number of fused-ring (bicyclic) bond motifs is 3. The number of H-pyrrole nitrogens is 1. The van der Waals surface area contributed by atoms with Crippen molar-refractivity contribution in [3.63, 3.8) is 0 Å². The van der Waals surface area contributed by atoms with E-state index in [-0.39, 0.29) is 4.88 Å². The van der Waals surface area contributed by atoms with Gasteiger partial charge in [-0.2, -0.15) is 5.10 Å². The summed E-state index contributed by atoms with van der Waals surface area (Å²) in [5, 5.41) is 25.5. The van der Waals surface area contributed by atoms with Crippen molar-refractivity contribution in [1.29, 1.82) is 0 Å². The molecule has 0 saturated carbocycles. The highest BCUT2D eigenvalue weighted by Crippen LogP contribution is 2.42. The maximum Gasteiger partial charge on any atom is 0.345 e.